The second-order valence-electron chi connectivity index (χ2n) is 4.00. The smallest absolute Gasteiger partial charge is 0.292 e. The minimum atomic E-state index is -0.672. The highest BCUT2D eigenvalue weighted by Crippen LogP contribution is 2.23. The Morgan fingerprint density at radius 3 is 2.65 bits per heavy atom. The number of nitrogens with one attached hydrogen (secondary N) is 1. The van der Waals surface area contributed by atoms with Crippen molar-refractivity contribution in [1.82, 2.24) is 0 Å². The first-order valence-corrected chi connectivity index (χ1v) is 5.58. The Labute approximate surface area is 113 Å². The number of halogens is 1. The van der Waals surface area contributed by atoms with E-state index in [0.717, 1.165) is 12.1 Å². The van der Waals surface area contributed by atoms with E-state index in [1.807, 2.05) is 0 Å². The van der Waals surface area contributed by atoms with Crippen LogP contribution in [0, 0.1) is 15.9 Å². The fourth-order valence-corrected chi connectivity index (χ4v) is 1.61. The van der Waals surface area contributed by atoms with Crippen LogP contribution >= 0.6 is 0 Å². The van der Waals surface area contributed by atoms with Crippen molar-refractivity contribution in [3.05, 3.63) is 64.0 Å². The van der Waals surface area contributed by atoms with Crippen molar-refractivity contribution in [3.8, 4) is 0 Å². The van der Waals surface area contributed by atoms with Crippen LogP contribution in [0.2, 0.25) is 0 Å². The van der Waals surface area contributed by atoms with Gasteiger partial charge in [-0.15, -0.1) is 0 Å². The molecular formula is C13H10FN3O3. The summed E-state index contributed by atoms with van der Waals surface area (Å²) >= 11 is 0. The minimum absolute atomic E-state index is 0.0303. The van der Waals surface area contributed by atoms with Crippen molar-refractivity contribution in [2.24, 2.45) is 0 Å². The lowest BCUT2D eigenvalue weighted by molar-refractivity contribution is -0.383. The number of amides is 1. The van der Waals surface area contributed by atoms with Gasteiger partial charge in [0, 0.05) is 17.3 Å². The van der Waals surface area contributed by atoms with Gasteiger partial charge in [0.2, 0.25) is 0 Å². The number of nitrogen functional groups attached to an aromatic ring is 1. The normalized spacial score (nSPS) is 10.1. The average Bonchev–Trinajstić information content (AvgIpc) is 2.38. The van der Waals surface area contributed by atoms with Crippen molar-refractivity contribution in [1.29, 1.82) is 0 Å². The zero-order chi connectivity index (χ0) is 14.7. The largest absolute Gasteiger partial charge is 0.393 e. The number of hydrogen-bond acceptors (Lipinski definition) is 4. The van der Waals surface area contributed by atoms with E-state index in [1.165, 1.54) is 30.3 Å². The van der Waals surface area contributed by atoms with Gasteiger partial charge < -0.3 is 11.1 Å². The molecular weight excluding hydrogens is 265 g/mol. The highest BCUT2D eigenvalue weighted by molar-refractivity contribution is 6.05. The first-order chi connectivity index (χ1) is 9.47. The number of nitro groups is 1. The van der Waals surface area contributed by atoms with Crippen LogP contribution in [0.1, 0.15) is 10.4 Å². The highest BCUT2D eigenvalue weighted by atomic mass is 19.1. The molecule has 0 heterocycles. The van der Waals surface area contributed by atoms with Crippen molar-refractivity contribution >= 4 is 23.0 Å². The Kier molecular flexibility index (Phi) is 3.60. The first-order valence-electron chi connectivity index (χ1n) is 5.58. The molecule has 0 aliphatic carbocycles. The van der Waals surface area contributed by atoms with Gasteiger partial charge in [0.25, 0.3) is 11.6 Å². The number of hydrogen-bond donors (Lipinski definition) is 2. The molecule has 2 rings (SSSR count). The Morgan fingerprint density at radius 2 is 2.00 bits per heavy atom. The predicted molar refractivity (Wildman–Crippen MR) is 71.9 cm³/mol. The van der Waals surface area contributed by atoms with E-state index < -0.39 is 16.6 Å². The maximum atomic E-state index is 13.0. The topological polar surface area (TPSA) is 98.3 Å². The van der Waals surface area contributed by atoms with Crippen LogP contribution in [-0.2, 0) is 0 Å². The van der Waals surface area contributed by atoms with Crippen LogP contribution in [0.5, 0.6) is 0 Å². The summed E-state index contributed by atoms with van der Waals surface area (Å²) in [6.07, 6.45) is 0. The van der Waals surface area contributed by atoms with Gasteiger partial charge in [-0.2, -0.15) is 0 Å². The second-order valence-corrected chi connectivity index (χ2v) is 4.00. The summed E-state index contributed by atoms with van der Waals surface area (Å²) in [6.45, 7) is 0. The zero-order valence-corrected chi connectivity index (χ0v) is 10.2. The third-order valence-electron chi connectivity index (χ3n) is 2.57. The number of rotatable bonds is 3. The molecule has 3 N–H and O–H groups in total. The van der Waals surface area contributed by atoms with Crippen molar-refractivity contribution in [2.45, 2.75) is 0 Å². The lowest BCUT2D eigenvalue weighted by Crippen LogP contribution is -2.12. The molecule has 0 aliphatic rings. The number of carbonyl (C=O) groups excluding carboxylic acids is 1. The summed E-state index contributed by atoms with van der Waals surface area (Å²) in [5.74, 6) is -1.08. The van der Waals surface area contributed by atoms with Crippen molar-refractivity contribution in [3.63, 3.8) is 0 Å². The molecule has 0 aromatic heterocycles. The lowest BCUT2D eigenvalue weighted by Gasteiger charge is -2.06. The standard InChI is InChI=1S/C13H10FN3O3/c14-9-2-1-3-10(7-9)16-13(18)8-4-5-11(15)12(6-8)17(19)20/h1-7H,15H2,(H,16,18). The Balaban J connectivity index is 2.26. The molecule has 20 heavy (non-hydrogen) atoms. The number of nitrogens with two attached hydrogens (primary N) is 1. The van der Waals surface area contributed by atoms with E-state index in [9.17, 15) is 19.3 Å². The molecule has 2 aromatic rings. The zero-order valence-electron chi connectivity index (χ0n) is 10.2. The predicted octanol–water partition coefficient (Wildman–Crippen LogP) is 2.57. The third kappa shape index (κ3) is 2.89. The molecule has 0 aliphatic heterocycles. The maximum absolute atomic E-state index is 13.0. The van der Waals surface area contributed by atoms with Gasteiger partial charge in [0.15, 0.2) is 0 Å². The van der Waals surface area contributed by atoms with Gasteiger partial charge in [0.05, 0.1) is 4.92 Å². The third-order valence-corrected chi connectivity index (χ3v) is 2.57. The van der Waals surface area contributed by atoms with Crippen LogP contribution in [0.3, 0.4) is 0 Å². The monoisotopic (exact) mass is 275 g/mol. The van der Waals surface area contributed by atoms with Gasteiger partial charge in [0.1, 0.15) is 11.5 Å². The fourth-order valence-electron chi connectivity index (χ4n) is 1.61. The molecule has 0 fully saturated rings. The van der Waals surface area contributed by atoms with Gasteiger partial charge in [-0.1, -0.05) is 6.07 Å². The van der Waals surface area contributed by atoms with E-state index in [1.54, 1.807) is 0 Å². The highest BCUT2D eigenvalue weighted by Gasteiger charge is 2.15. The molecule has 0 spiro atoms. The number of carbonyl (C=O) groups is 1. The average molecular weight is 275 g/mol. The molecule has 0 saturated heterocycles. The number of benzene rings is 2. The molecule has 102 valence electrons. The fraction of sp³-hybridized carbons (Fsp3) is 0. The Hall–Kier alpha value is -2.96. The SMILES string of the molecule is Nc1ccc(C(=O)Nc2cccc(F)c2)cc1[N+](=O)[O-]. The lowest BCUT2D eigenvalue weighted by atomic mass is 10.1. The minimum Gasteiger partial charge on any atom is -0.393 e. The molecule has 0 unspecified atom stereocenters. The van der Waals surface area contributed by atoms with Gasteiger partial charge in [-0.3, -0.25) is 14.9 Å². The maximum Gasteiger partial charge on any atom is 0.292 e. The van der Waals surface area contributed by atoms with Gasteiger partial charge in [-0.25, -0.2) is 4.39 Å². The molecule has 7 heteroatoms. The number of nitro benzene ring substituents is 1. The van der Waals surface area contributed by atoms with Crippen molar-refractivity contribution in [2.75, 3.05) is 11.1 Å². The Morgan fingerprint density at radius 1 is 1.25 bits per heavy atom. The van der Waals surface area contributed by atoms with E-state index in [4.69, 9.17) is 5.73 Å². The van der Waals surface area contributed by atoms with Crippen LogP contribution in [0.4, 0.5) is 21.5 Å². The molecule has 6 nitrogen and oxygen atoms in total. The van der Waals surface area contributed by atoms with E-state index >= 15 is 0 Å². The summed E-state index contributed by atoms with van der Waals surface area (Å²) < 4.78 is 13.0. The quantitative estimate of drug-likeness (QED) is 0.511. The van der Waals surface area contributed by atoms with E-state index in [-0.39, 0.29) is 22.6 Å². The summed E-state index contributed by atoms with van der Waals surface area (Å²) in [5, 5.41) is 13.2. The number of anilines is 2. The van der Waals surface area contributed by atoms with Crippen LogP contribution < -0.4 is 11.1 Å². The van der Waals surface area contributed by atoms with Crippen molar-refractivity contribution < 1.29 is 14.1 Å². The second kappa shape index (κ2) is 5.35. The molecule has 0 bridgehead atoms. The molecule has 0 saturated carbocycles. The first kappa shape index (κ1) is 13.5. The van der Waals surface area contributed by atoms with E-state index in [2.05, 4.69) is 5.32 Å². The van der Waals surface area contributed by atoms with Gasteiger partial charge in [-0.05, 0) is 30.3 Å². The molecule has 0 atom stereocenters. The summed E-state index contributed by atoms with van der Waals surface area (Å²) in [4.78, 5) is 22.0. The molecule has 1 amide bonds. The van der Waals surface area contributed by atoms with Crippen LogP contribution in [0.25, 0.3) is 0 Å². The summed E-state index contributed by atoms with van der Waals surface area (Å²) in [6, 6.07) is 9.04. The van der Waals surface area contributed by atoms with Crippen LogP contribution in [0.15, 0.2) is 42.5 Å². The molecule has 2 aromatic carbocycles. The van der Waals surface area contributed by atoms with Crippen LogP contribution in [-0.4, -0.2) is 10.8 Å². The summed E-state index contributed by atoms with van der Waals surface area (Å²) in [5.41, 5.74) is 5.38. The Bertz CT molecular complexity index is 688. The van der Waals surface area contributed by atoms with Gasteiger partial charge >= 0.3 is 0 Å². The van der Waals surface area contributed by atoms with E-state index in [0.29, 0.717) is 0 Å². The molecule has 0 radical (unpaired) electrons. The summed E-state index contributed by atoms with van der Waals surface area (Å²) in [7, 11) is 0. The number of nitrogens with zero attached hydrogens (tertiary/aromatic N) is 1.